The molecule has 3 aromatic carbocycles. The number of aromatic nitrogens is 2. The number of hydrogen-bond donors (Lipinski definition) is 1. The van der Waals surface area contributed by atoms with Gasteiger partial charge >= 0.3 is 0 Å². The van der Waals surface area contributed by atoms with Gasteiger partial charge in [0.15, 0.2) is 5.52 Å². The molecule has 6 rings (SSSR count). The Morgan fingerprint density at radius 2 is 1.59 bits per heavy atom. The van der Waals surface area contributed by atoms with Crippen LogP contribution in [0.1, 0.15) is 5.56 Å². The highest BCUT2D eigenvalue weighted by Crippen LogP contribution is 2.33. The molecule has 6 aromatic rings. The average Bonchev–Trinajstić information content (AvgIpc) is 3.18. The van der Waals surface area contributed by atoms with E-state index in [1.807, 2.05) is 18.2 Å². The van der Waals surface area contributed by atoms with Crippen molar-refractivity contribution in [2.45, 2.75) is 6.54 Å². The fraction of sp³-hybridized carbons (Fsp3) is 0.0357. The maximum Gasteiger partial charge on any atom is 0.267 e. The minimum Gasteiger partial charge on any atom is -0.298 e. The number of rotatable bonds is 4. The molecule has 0 aliphatic rings. The Bertz CT molecular complexity index is 1590. The summed E-state index contributed by atoms with van der Waals surface area (Å²) >= 11 is 6.23. The quantitative estimate of drug-likeness (QED) is 0.304. The summed E-state index contributed by atoms with van der Waals surface area (Å²) in [7, 11) is 0. The van der Waals surface area contributed by atoms with Crippen LogP contribution in [0.5, 0.6) is 0 Å². The van der Waals surface area contributed by atoms with Gasteiger partial charge in [0.25, 0.3) is 5.82 Å². The molecule has 0 amide bonds. The lowest BCUT2D eigenvalue weighted by molar-refractivity contribution is -0.494. The van der Waals surface area contributed by atoms with Gasteiger partial charge in [0.2, 0.25) is 5.65 Å². The summed E-state index contributed by atoms with van der Waals surface area (Å²) in [5.74, 6) is 1.06. The van der Waals surface area contributed by atoms with Crippen LogP contribution < -0.4 is 9.72 Å². The largest absolute Gasteiger partial charge is 0.298 e. The Balaban J connectivity index is 1.67. The number of fused-ring (bicyclic) bond motifs is 5. The Morgan fingerprint density at radius 1 is 0.781 bits per heavy atom. The maximum absolute atomic E-state index is 6.23. The molecule has 154 valence electrons. The number of hydrogen-bond acceptors (Lipinski definition) is 1. The molecule has 0 saturated carbocycles. The smallest absolute Gasteiger partial charge is 0.267 e. The Labute approximate surface area is 191 Å². The van der Waals surface area contributed by atoms with Gasteiger partial charge < -0.3 is 0 Å². The van der Waals surface area contributed by atoms with Gasteiger partial charge in [-0.1, -0.05) is 84.4 Å². The van der Waals surface area contributed by atoms with Gasteiger partial charge in [0, 0.05) is 22.0 Å². The lowest BCUT2D eigenvalue weighted by atomic mass is 10.1. The molecule has 0 aliphatic carbocycles. The lowest BCUT2D eigenvalue weighted by Crippen LogP contribution is -2.23. The van der Waals surface area contributed by atoms with Crippen molar-refractivity contribution in [1.29, 1.82) is 0 Å². The van der Waals surface area contributed by atoms with Crippen molar-refractivity contribution in [2.24, 2.45) is 0 Å². The van der Waals surface area contributed by atoms with E-state index in [1.54, 1.807) is 0 Å². The SMILES string of the molecule is Clc1cccc(CNc2c3c4ccccc4cc(-c4ccccc4)n3c3cccc[n+]23)c1. The van der Waals surface area contributed by atoms with Gasteiger partial charge in [-0.3, -0.25) is 5.32 Å². The molecule has 1 N–H and O–H groups in total. The predicted octanol–water partition coefficient (Wildman–Crippen LogP) is 6.76. The van der Waals surface area contributed by atoms with Crippen LogP contribution in [-0.2, 0) is 6.54 Å². The van der Waals surface area contributed by atoms with Crippen LogP contribution in [0.4, 0.5) is 5.82 Å². The van der Waals surface area contributed by atoms with E-state index in [9.17, 15) is 0 Å². The topological polar surface area (TPSA) is 20.5 Å². The highest BCUT2D eigenvalue weighted by atomic mass is 35.5. The third kappa shape index (κ3) is 3.10. The van der Waals surface area contributed by atoms with Crippen molar-refractivity contribution in [3.8, 4) is 11.3 Å². The van der Waals surface area contributed by atoms with E-state index in [0.29, 0.717) is 6.54 Å². The van der Waals surface area contributed by atoms with Crippen LogP contribution in [0.3, 0.4) is 0 Å². The normalized spacial score (nSPS) is 11.4. The molecule has 0 saturated heterocycles. The molecule has 3 heterocycles. The molecule has 4 heteroatoms. The minimum absolute atomic E-state index is 0.682. The second kappa shape index (κ2) is 7.70. The summed E-state index contributed by atoms with van der Waals surface area (Å²) in [5, 5.41) is 6.89. The van der Waals surface area contributed by atoms with Crippen molar-refractivity contribution < 1.29 is 4.40 Å². The van der Waals surface area contributed by atoms with Crippen LogP contribution in [0.15, 0.2) is 109 Å². The van der Waals surface area contributed by atoms with Crippen molar-refractivity contribution in [3.63, 3.8) is 0 Å². The first kappa shape index (κ1) is 18.9. The molecule has 0 spiro atoms. The summed E-state index contributed by atoms with van der Waals surface area (Å²) in [4.78, 5) is 0. The fourth-order valence-corrected chi connectivity index (χ4v) is 4.72. The van der Waals surface area contributed by atoms with Crippen molar-refractivity contribution >= 4 is 39.4 Å². The zero-order valence-electron chi connectivity index (χ0n) is 17.4. The Morgan fingerprint density at radius 3 is 2.47 bits per heavy atom. The minimum atomic E-state index is 0.682. The third-order valence-electron chi connectivity index (χ3n) is 5.92. The van der Waals surface area contributed by atoms with Crippen LogP contribution >= 0.6 is 11.6 Å². The summed E-state index contributed by atoms with van der Waals surface area (Å²) in [6.45, 7) is 0.682. The summed E-state index contributed by atoms with van der Waals surface area (Å²) in [6.07, 6.45) is 2.12. The second-order valence-electron chi connectivity index (χ2n) is 7.93. The number of nitrogens with one attached hydrogen (secondary N) is 1. The van der Waals surface area contributed by atoms with Gasteiger partial charge in [-0.15, -0.1) is 0 Å². The third-order valence-corrected chi connectivity index (χ3v) is 6.16. The first-order valence-corrected chi connectivity index (χ1v) is 11.1. The molecule has 0 aliphatic heterocycles. The van der Waals surface area contributed by atoms with E-state index in [1.165, 1.54) is 22.0 Å². The number of nitrogens with zero attached hydrogens (tertiary/aromatic N) is 2. The van der Waals surface area contributed by atoms with Crippen LogP contribution in [0.25, 0.3) is 33.2 Å². The van der Waals surface area contributed by atoms with Gasteiger partial charge in [-0.25, -0.2) is 8.80 Å². The van der Waals surface area contributed by atoms with E-state index >= 15 is 0 Å². The van der Waals surface area contributed by atoms with Gasteiger partial charge in [0.05, 0.1) is 12.7 Å². The van der Waals surface area contributed by atoms with E-state index in [2.05, 4.69) is 105 Å². The highest BCUT2D eigenvalue weighted by molar-refractivity contribution is 6.30. The molecular formula is C28H21ClN3+. The predicted molar refractivity (Wildman–Crippen MR) is 132 cm³/mol. The highest BCUT2D eigenvalue weighted by Gasteiger charge is 2.24. The summed E-state index contributed by atoms with van der Waals surface area (Å²) in [5.41, 5.74) is 5.77. The summed E-state index contributed by atoms with van der Waals surface area (Å²) < 4.78 is 4.59. The standard InChI is InChI=1S/C28H21ClN3/c29-23-13-8-9-20(17-23)19-30-28-27-24-14-5-4-12-22(24)18-25(21-10-2-1-3-11-21)32(27)26-15-6-7-16-31(26)28/h1-18,30H,19H2/q+1. The van der Waals surface area contributed by atoms with E-state index in [-0.39, 0.29) is 0 Å². The maximum atomic E-state index is 6.23. The fourth-order valence-electron chi connectivity index (χ4n) is 4.51. The molecular weight excluding hydrogens is 414 g/mol. The summed E-state index contributed by atoms with van der Waals surface area (Å²) in [6, 6.07) is 35.8. The molecule has 0 atom stereocenters. The van der Waals surface area contributed by atoms with Crippen LogP contribution in [-0.4, -0.2) is 4.40 Å². The van der Waals surface area contributed by atoms with Gasteiger partial charge in [-0.05, 0) is 35.2 Å². The van der Waals surface area contributed by atoms with E-state index < -0.39 is 0 Å². The molecule has 3 nitrogen and oxygen atoms in total. The van der Waals surface area contributed by atoms with E-state index in [0.717, 1.165) is 27.6 Å². The van der Waals surface area contributed by atoms with Crippen molar-refractivity contribution in [1.82, 2.24) is 4.40 Å². The molecule has 0 radical (unpaired) electrons. The van der Waals surface area contributed by atoms with Crippen LogP contribution in [0.2, 0.25) is 5.02 Å². The number of anilines is 1. The second-order valence-corrected chi connectivity index (χ2v) is 8.36. The number of imidazole rings is 1. The molecule has 32 heavy (non-hydrogen) atoms. The number of benzene rings is 3. The first-order valence-electron chi connectivity index (χ1n) is 10.7. The zero-order chi connectivity index (χ0) is 21.5. The monoisotopic (exact) mass is 434 g/mol. The van der Waals surface area contributed by atoms with Crippen molar-refractivity contribution in [3.05, 3.63) is 120 Å². The zero-order valence-corrected chi connectivity index (χ0v) is 18.1. The Hall–Kier alpha value is -3.82. The average molecular weight is 435 g/mol. The molecule has 0 unspecified atom stereocenters. The molecule has 3 aromatic heterocycles. The van der Waals surface area contributed by atoms with Crippen molar-refractivity contribution in [2.75, 3.05) is 5.32 Å². The van der Waals surface area contributed by atoms with Crippen LogP contribution in [0, 0.1) is 0 Å². The van der Waals surface area contributed by atoms with Gasteiger partial charge in [0.1, 0.15) is 5.69 Å². The number of halogens is 1. The molecule has 0 fully saturated rings. The first-order chi connectivity index (χ1) is 15.8. The molecule has 0 bridgehead atoms. The number of pyridine rings is 2. The van der Waals surface area contributed by atoms with E-state index in [4.69, 9.17) is 11.6 Å². The lowest BCUT2D eigenvalue weighted by Gasteiger charge is -2.07. The Kier molecular flexibility index (Phi) is 4.55. The van der Waals surface area contributed by atoms with Gasteiger partial charge in [-0.2, -0.15) is 0 Å².